The van der Waals surface area contributed by atoms with Gasteiger partial charge in [-0.05, 0) is 30.2 Å². The van der Waals surface area contributed by atoms with Gasteiger partial charge in [0.2, 0.25) is 0 Å². The summed E-state index contributed by atoms with van der Waals surface area (Å²) in [4.78, 5) is 2.26. The molecular weight excluding hydrogens is 336 g/mol. The van der Waals surface area contributed by atoms with Crippen LogP contribution in [-0.4, -0.2) is 42.7 Å². The summed E-state index contributed by atoms with van der Waals surface area (Å²) in [5.74, 6) is 0.702. The van der Waals surface area contributed by atoms with Gasteiger partial charge in [0.25, 0.3) is 0 Å². The molecule has 4 nitrogen and oxygen atoms in total. The molecule has 0 aromatic heterocycles. The molecule has 0 aliphatic carbocycles. The number of nitrogens with one attached hydrogen (secondary N) is 1. The summed E-state index contributed by atoms with van der Waals surface area (Å²) in [6.07, 6.45) is -0.623. The summed E-state index contributed by atoms with van der Waals surface area (Å²) >= 11 is 6.30. The molecule has 0 bridgehead atoms. The Bertz CT molecular complexity index is 688. The monoisotopic (exact) mass is 360 g/mol. The molecule has 1 atom stereocenters. The van der Waals surface area contributed by atoms with Gasteiger partial charge in [0.15, 0.2) is 0 Å². The Balaban J connectivity index is 1.75. The quantitative estimate of drug-likeness (QED) is 0.830. The Labute approximate surface area is 154 Å². The molecule has 0 radical (unpaired) electrons. The Kier molecular flexibility index (Phi) is 6.32. The molecule has 1 aliphatic heterocycles. The van der Waals surface area contributed by atoms with Crippen molar-refractivity contribution >= 4 is 11.6 Å². The van der Waals surface area contributed by atoms with E-state index in [2.05, 4.69) is 10.2 Å². The molecule has 2 aromatic rings. The van der Waals surface area contributed by atoms with Crippen molar-refractivity contribution < 1.29 is 9.84 Å². The number of β-amino-alcohol motifs (C(OH)–C–C–N with tert-alkyl or cyclic N) is 1. The standard InChI is InChI=1S/C20H25ClN2O2/c1-15-11-20(25-14-16-5-3-2-4-6-16)17(12-18(15)21)19(24)13-23-9-7-22-8-10-23/h2-6,11-12,19,22,24H,7-10,13-14H2,1H3. The number of nitrogens with zero attached hydrogens (tertiary/aromatic N) is 1. The summed E-state index contributed by atoms with van der Waals surface area (Å²) < 4.78 is 6.02. The van der Waals surface area contributed by atoms with E-state index in [0.717, 1.165) is 42.9 Å². The SMILES string of the molecule is Cc1cc(OCc2ccccc2)c(C(O)CN2CCNCC2)cc1Cl. The normalized spacial score (nSPS) is 16.6. The van der Waals surface area contributed by atoms with E-state index >= 15 is 0 Å². The van der Waals surface area contributed by atoms with Crippen molar-refractivity contribution in [3.05, 3.63) is 64.2 Å². The fourth-order valence-corrected chi connectivity index (χ4v) is 3.20. The van der Waals surface area contributed by atoms with E-state index in [0.29, 0.717) is 23.9 Å². The zero-order valence-electron chi connectivity index (χ0n) is 14.5. The van der Waals surface area contributed by atoms with Crippen LogP contribution in [0.1, 0.15) is 22.8 Å². The summed E-state index contributed by atoms with van der Waals surface area (Å²) in [6, 6.07) is 13.8. The topological polar surface area (TPSA) is 44.7 Å². The highest BCUT2D eigenvalue weighted by Crippen LogP contribution is 2.32. The zero-order chi connectivity index (χ0) is 17.6. The van der Waals surface area contributed by atoms with Crippen LogP contribution in [-0.2, 0) is 6.61 Å². The van der Waals surface area contributed by atoms with Gasteiger partial charge < -0.3 is 15.2 Å². The minimum Gasteiger partial charge on any atom is -0.489 e. The highest BCUT2D eigenvalue weighted by molar-refractivity contribution is 6.31. The van der Waals surface area contributed by atoms with Gasteiger partial charge in [-0.1, -0.05) is 41.9 Å². The van der Waals surface area contributed by atoms with Crippen LogP contribution >= 0.6 is 11.6 Å². The Morgan fingerprint density at radius 2 is 1.92 bits per heavy atom. The molecule has 3 rings (SSSR count). The van der Waals surface area contributed by atoms with Gasteiger partial charge in [-0.2, -0.15) is 0 Å². The van der Waals surface area contributed by atoms with Crippen molar-refractivity contribution in [3.63, 3.8) is 0 Å². The predicted molar refractivity (Wildman–Crippen MR) is 101 cm³/mol. The number of benzene rings is 2. The molecule has 1 fully saturated rings. The van der Waals surface area contributed by atoms with Gasteiger partial charge >= 0.3 is 0 Å². The molecule has 1 heterocycles. The molecule has 2 N–H and O–H groups in total. The van der Waals surface area contributed by atoms with Crippen molar-refractivity contribution in [2.24, 2.45) is 0 Å². The number of hydrogen-bond acceptors (Lipinski definition) is 4. The van der Waals surface area contributed by atoms with Crippen LogP contribution in [0.15, 0.2) is 42.5 Å². The van der Waals surface area contributed by atoms with Crippen molar-refractivity contribution in [2.45, 2.75) is 19.6 Å². The summed E-state index contributed by atoms with van der Waals surface area (Å²) in [7, 11) is 0. The van der Waals surface area contributed by atoms with E-state index in [1.165, 1.54) is 0 Å². The van der Waals surface area contributed by atoms with Crippen LogP contribution in [0.2, 0.25) is 5.02 Å². The molecule has 2 aromatic carbocycles. The molecule has 134 valence electrons. The first kappa shape index (κ1) is 18.2. The number of rotatable bonds is 6. The van der Waals surface area contributed by atoms with Crippen molar-refractivity contribution in [1.29, 1.82) is 0 Å². The first-order valence-electron chi connectivity index (χ1n) is 8.71. The van der Waals surface area contributed by atoms with E-state index < -0.39 is 6.10 Å². The Morgan fingerprint density at radius 1 is 1.20 bits per heavy atom. The Hall–Kier alpha value is -1.59. The number of ether oxygens (including phenoxy) is 1. The third-order valence-corrected chi connectivity index (χ3v) is 4.94. The fraction of sp³-hybridized carbons (Fsp3) is 0.400. The first-order chi connectivity index (χ1) is 12.1. The van der Waals surface area contributed by atoms with Gasteiger partial charge in [-0.3, -0.25) is 4.90 Å². The maximum absolute atomic E-state index is 10.8. The number of piperazine rings is 1. The van der Waals surface area contributed by atoms with E-state index in [4.69, 9.17) is 16.3 Å². The van der Waals surface area contributed by atoms with Gasteiger partial charge in [-0.15, -0.1) is 0 Å². The molecule has 5 heteroatoms. The minimum atomic E-state index is -0.623. The molecule has 25 heavy (non-hydrogen) atoms. The summed E-state index contributed by atoms with van der Waals surface area (Å²) in [6.45, 7) is 6.80. The van der Waals surface area contributed by atoms with Crippen LogP contribution in [0.5, 0.6) is 5.75 Å². The number of aliphatic hydroxyl groups is 1. The third kappa shape index (κ3) is 4.95. The van der Waals surface area contributed by atoms with E-state index in [1.807, 2.05) is 49.4 Å². The van der Waals surface area contributed by atoms with Crippen LogP contribution in [0, 0.1) is 6.92 Å². The molecule has 0 spiro atoms. The molecule has 1 saturated heterocycles. The van der Waals surface area contributed by atoms with Gasteiger partial charge in [0.05, 0.1) is 6.10 Å². The highest BCUT2D eigenvalue weighted by Gasteiger charge is 2.20. The van der Waals surface area contributed by atoms with Crippen LogP contribution in [0.4, 0.5) is 0 Å². The zero-order valence-corrected chi connectivity index (χ0v) is 15.3. The first-order valence-corrected chi connectivity index (χ1v) is 9.09. The summed E-state index contributed by atoms with van der Waals surface area (Å²) in [5, 5.41) is 14.7. The average molecular weight is 361 g/mol. The molecule has 1 unspecified atom stereocenters. The lowest BCUT2D eigenvalue weighted by Crippen LogP contribution is -2.45. The second kappa shape index (κ2) is 8.68. The fourth-order valence-electron chi connectivity index (χ4n) is 3.03. The predicted octanol–water partition coefficient (Wildman–Crippen LogP) is 3.17. The van der Waals surface area contributed by atoms with Gasteiger partial charge in [-0.25, -0.2) is 0 Å². The van der Waals surface area contributed by atoms with Crippen molar-refractivity contribution in [2.75, 3.05) is 32.7 Å². The van der Waals surface area contributed by atoms with Gasteiger partial charge in [0.1, 0.15) is 12.4 Å². The molecule has 0 saturated carbocycles. The Morgan fingerprint density at radius 3 is 2.64 bits per heavy atom. The molecule has 1 aliphatic rings. The third-order valence-electron chi connectivity index (χ3n) is 4.53. The van der Waals surface area contributed by atoms with Crippen molar-refractivity contribution in [1.82, 2.24) is 10.2 Å². The van der Waals surface area contributed by atoms with Crippen LogP contribution in [0.25, 0.3) is 0 Å². The molecule has 0 amide bonds. The second-order valence-electron chi connectivity index (χ2n) is 6.48. The number of halogens is 1. The largest absolute Gasteiger partial charge is 0.489 e. The van der Waals surface area contributed by atoms with E-state index in [-0.39, 0.29) is 0 Å². The van der Waals surface area contributed by atoms with E-state index in [1.54, 1.807) is 0 Å². The van der Waals surface area contributed by atoms with Gasteiger partial charge in [0, 0.05) is 43.3 Å². The van der Waals surface area contributed by atoms with Crippen LogP contribution in [0.3, 0.4) is 0 Å². The van der Waals surface area contributed by atoms with E-state index in [9.17, 15) is 5.11 Å². The lowest BCUT2D eigenvalue weighted by Gasteiger charge is -2.29. The van der Waals surface area contributed by atoms with Crippen LogP contribution < -0.4 is 10.1 Å². The van der Waals surface area contributed by atoms with Crippen molar-refractivity contribution in [3.8, 4) is 5.75 Å². The number of hydrogen-bond donors (Lipinski definition) is 2. The lowest BCUT2D eigenvalue weighted by molar-refractivity contribution is 0.102. The number of aliphatic hydroxyl groups excluding tert-OH is 1. The number of aryl methyl sites for hydroxylation is 1. The summed E-state index contributed by atoms with van der Waals surface area (Å²) in [5.41, 5.74) is 2.80. The maximum Gasteiger partial charge on any atom is 0.126 e. The lowest BCUT2D eigenvalue weighted by atomic mass is 10.0. The second-order valence-corrected chi connectivity index (χ2v) is 6.89. The molecular formula is C20H25ClN2O2. The minimum absolute atomic E-state index is 0.468. The average Bonchev–Trinajstić information content (AvgIpc) is 2.64. The highest BCUT2D eigenvalue weighted by atomic mass is 35.5. The smallest absolute Gasteiger partial charge is 0.126 e. The maximum atomic E-state index is 10.8.